The van der Waals surface area contributed by atoms with Crippen molar-refractivity contribution in [2.45, 2.75) is 69.8 Å². The van der Waals surface area contributed by atoms with Crippen LogP contribution in [-0.2, 0) is 23.9 Å². The highest BCUT2D eigenvalue weighted by Gasteiger charge is 2.56. The van der Waals surface area contributed by atoms with E-state index in [9.17, 15) is 18.0 Å². The molecule has 4 aliphatic rings. The molecule has 2 aliphatic carbocycles. The first-order valence-electron chi connectivity index (χ1n) is 12.8. The number of aromatic nitrogens is 1. The highest BCUT2D eigenvalue weighted by molar-refractivity contribution is 6.30. The van der Waals surface area contributed by atoms with Gasteiger partial charge in [-0.2, -0.15) is 13.2 Å². The first-order valence-corrected chi connectivity index (χ1v) is 13.1. The van der Waals surface area contributed by atoms with Crippen LogP contribution in [0.3, 0.4) is 0 Å². The molecule has 36 heavy (non-hydrogen) atoms. The van der Waals surface area contributed by atoms with Crippen LogP contribution in [-0.4, -0.2) is 35.0 Å². The second-order valence-electron chi connectivity index (χ2n) is 10.7. The number of halogens is 4. The number of pyridine rings is 1. The molecule has 2 aromatic rings. The van der Waals surface area contributed by atoms with Gasteiger partial charge in [0.15, 0.2) is 0 Å². The van der Waals surface area contributed by atoms with Crippen LogP contribution < -0.4 is 10.1 Å². The zero-order valence-corrected chi connectivity index (χ0v) is 20.7. The highest BCUT2D eigenvalue weighted by atomic mass is 35.5. The first-order chi connectivity index (χ1) is 17.2. The van der Waals surface area contributed by atoms with Crippen LogP contribution in [0.15, 0.2) is 30.5 Å². The third-order valence-electron chi connectivity index (χ3n) is 8.66. The van der Waals surface area contributed by atoms with Gasteiger partial charge in [0.1, 0.15) is 5.75 Å². The van der Waals surface area contributed by atoms with Crippen molar-refractivity contribution < 1.29 is 22.7 Å². The quantitative estimate of drug-likeness (QED) is 0.565. The molecular weight excluding hydrogens is 491 g/mol. The molecule has 1 aromatic heterocycles. The van der Waals surface area contributed by atoms with Crippen molar-refractivity contribution in [3.05, 3.63) is 57.9 Å². The average Bonchev–Trinajstić information content (AvgIpc) is 3.40. The summed E-state index contributed by atoms with van der Waals surface area (Å²) in [4.78, 5) is 19.8. The maximum atomic E-state index is 14.0. The van der Waals surface area contributed by atoms with Crippen molar-refractivity contribution >= 4 is 17.5 Å². The van der Waals surface area contributed by atoms with Gasteiger partial charge >= 0.3 is 6.18 Å². The van der Waals surface area contributed by atoms with E-state index in [2.05, 4.69) is 10.3 Å². The number of carbonyl (C=O) groups is 1. The fourth-order valence-electron chi connectivity index (χ4n) is 7.01. The van der Waals surface area contributed by atoms with Gasteiger partial charge in [0.25, 0.3) is 0 Å². The Kier molecular flexibility index (Phi) is 5.95. The van der Waals surface area contributed by atoms with E-state index in [1.807, 2.05) is 18.2 Å². The molecule has 0 spiro atoms. The topological polar surface area (TPSA) is 54.5 Å². The van der Waals surface area contributed by atoms with E-state index >= 15 is 0 Å². The van der Waals surface area contributed by atoms with Crippen LogP contribution >= 0.6 is 11.6 Å². The lowest BCUT2D eigenvalue weighted by Crippen LogP contribution is -2.47. The fourth-order valence-corrected chi connectivity index (χ4v) is 7.19. The molecule has 1 unspecified atom stereocenters. The Morgan fingerprint density at radius 2 is 2.11 bits per heavy atom. The van der Waals surface area contributed by atoms with Gasteiger partial charge in [-0.05, 0) is 61.4 Å². The predicted molar refractivity (Wildman–Crippen MR) is 129 cm³/mol. The molecule has 1 amide bonds. The molecule has 2 fully saturated rings. The van der Waals surface area contributed by atoms with E-state index in [1.165, 1.54) is 0 Å². The number of benzene rings is 1. The molecule has 3 heterocycles. The monoisotopic (exact) mass is 519 g/mol. The maximum Gasteiger partial charge on any atom is 0.417 e. The SMILES string of the molecule is O=C(N1CCc2ncc(C(F)(F)F)cc2C1)[C@@]12CCC[C@@H]1C[C@@H](NC1CCOc3ccc(Cl)cc31)C2. The smallest absolute Gasteiger partial charge is 0.417 e. The number of ether oxygens (including phenoxy) is 1. The Hall–Kier alpha value is -2.32. The summed E-state index contributed by atoms with van der Waals surface area (Å²) in [5.74, 6) is 1.25. The second kappa shape index (κ2) is 8.91. The summed E-state index contributed by atoms with van der Waals surface area (Å²) in [6.07, 6.45) is 2.35. The Morgan fingerprint density at radius 1 is 1.25 bits per heavy atom. The number of fused-ring (bicyclic) bond motifs is 3. The van der Waals surface area contributed by atoms with E-state index in [4.69, 9.17) is 16.3 Å². The Morgan fingerprint density at radius 3 is 2.94 bits per heavy atom. The summed E-state index contributed by atoms with van der Waals surface area (Å²) in [6, 6.07) is 7.19. The van der Waals surface area contributed by atoms with Gasteiger partial charge in [0.2, 0.25) is 5.91 Å². The lowest BCUT2D eigenvalue weighted by Gasteiger charge is -2.37. The number of carbonyl (C=O) groups excluding carboxylic acids is 1. The zero-order chi connectivity index (χ0) is 25.1. The van der Waals surface area contributed by atoms with Crippen molar-refractivity contribution in [1.82, 2.24) is 15.2 Å². The van der Waals surface area contributed by atoms with Crippen molar-refractivity contribution in [1.29, 1.82) is 0 Å². The van der Waals surface area contributed by atoms with Crippen LogP contribution in [0.1, 0.15) is 67.0 Å². The number of hydrogen-bond acceptors (Lipinski definition) is 4. The van der Waals surface area contributed by atoms with Crippen molar-refractivity contribution in [2.75, 3.05) is 13.2 Å². The summed E-state index contributed by atoms with van der Waals surface area (Å²) in [7, 11) is 0. The summed E-state index contributed by atoms with van der Waals surface area (Å²) in [5.41, 5.74) is 1.04. The van der Waals surface area contributed by atoms with Gasteiger partial charge < -0.3 is 15.0 Å². The van der Waals surface area contributed by atoms with E-state index < -0.39 is 17.2 Å². The van der Waals surface area contributed by atoms with E-state index in [0.717, 1.165) is 62.1 Å². The van der Waals surface area contributed by atoms with Crippen LogP contribution in [0, 0.1) is 11.3 Å². The predicted octanol–water partition coefficient (Wildman–Crippen LogP) is 5.70. The molecule has 0 saturated heterocycles. The fraction of sp³-hybridized carbons (Fsp3) is 0.556. The molecule has 192 valence electrons. The van der Waals surface area contributed by atoms with E-state index in [1.54, 1.807) is 4.90 Å². The van der Waals surface area contributed by atoms with E-state index in [0.29, 0.717) is 41.8 Å². The van der Waals surface area contributed by atoms with Crippen LogP contribution in [0.2, 0.25) is 5.02 Å². The van der Waals surface area contributed by atoms with Gasteiger partial charge in [-0.1, -0.05) is 18.0 Å². The van der Waals surface area contributed by atoms with Gasteiger partial charge in [0.05, 0.1) is 17.6 Å². The lowest BCUT2D eigenvalue weighted by molar-refractivity contribution is -0.144. The average molecular weight is 520 g/mol. The van der Waals surface area contributed by atoms with Crippen LogP contribution in [0.25, 0.3) is 0 Å². The summed E-state index contributed by atoms with van der Waals surface area (Å²) in [6.45, 7) is 1.33. The third-order valence-corrected chi connectivity index (χ3v) is 8.90. The number of hydrogen-bond donors (Lipinski definition) is 1. The molecule has 1 aromatic carbocycles. The Bertz CT molecular complexity index is 1190. The lowest BCUT2D eigenvalue weighted by atomic mass is 9.78. The summed E-state index contributed by atoms with van der Waals surface area (Å²) >= 11 is 6.26. The number of amides is 1. The first kappa shape index (κ1) is 24.0. The molecule has 2 aliphatic heterocycles. The summed E-state index contributed by atoms with van der Waals surface area (Å²) < 4.78 is 45.5. The Labute approximate surface area is 213 Å². The van der Waals surface area contributed by atoms with Gasteiger partial charge in [0, 0.05) is 60.5 Å². The minimum Gasteiger partial charge on any atom is -0.493 e. The van der Waals surface area contributed by atoms with Crippen LogP contribution in [0.5, 0.6) is 5.75 Å². The Balaban J connectivity index is 1.20. The number of nitrogens with zero attached hydrogens (tertiary/aromatic N) is 2. The minimum atomic E-state index is -4.44. The van der Waals surface area contributed by atoms with Gasteiger partial charge in [-0.25, -0.2) is 0 Å². The highest BCUT2D eigenvalue weighted by Crippen LogP contribution is 2.56. The molecule has 4 atom stereocenters. The molecule has 0 bridgehead atoms. The van der Waals surface area contributed by atoms with Gasteiger partial charge in [-0.3, -0.25) is 9.78 Å². The number of rotatable bonds is 3. The molecule has 6 rings (SSSR count). The maximum absolute atomic E-state index is 14.0. The second-order valence-corrected chi connectivity index (χ2v) is 11.2. The standard InChI is InChI=1S/C27H29ClF3N3O2/c28-19-3-4-24-21(12-19)23(6-9-36-24)33-20-11-17-2-1-7-26(17,13-20)25(35)34-8-5-22-16(15-34)10-18(14-32-22)27(29,30)31/h3-4,10,12,14,17,20,23,33H,1-2,5-9,11,13,15H2/t17-,20-,23?,26-/m1/s1. The zero-order valence-electron chi connectivity index (χ0n) is 19.9. The van der Waals surface area contributed by atoms with Gasteiger partial charge in [-0.15, -0.1) is 0 Å². The molecule has 1 N–H and O–H groups in total. The number of alkyl halides is 3. The molecular formula is C27H29ClF3N3O2. The van der Waals surface area contributed by atoms with Crippen molar-refractivity contribution in [3.63, 3.8) is 0 Å². The van der Waals surface area contributed by atoms with Crippen molar-refractivity contribution in [2.24, 2.45) is 11.3 Å². The summed E-state index contributed by atoms with van der Waals surface area (Å²) in [5, 5.41) is 4.48. The van der Waals surface area contributed by atoms with Crippen LogP contribution in [0.4, 0.5) is 13.2 Å². The number of nitrogens with one attached hydrogen (secondary N) is 1. The third kappa shape index (κ3) is 4.16. The molecule has 2 saturated carbocycles. The molecule has 0 radical (unpaired) electrons. The molecule has 5 nitrogen and oxygen atoms in total. The largest absolute Gasteiger partial charge is 0.493 e. The molecule has 9 heteroatoms. The minimum absolute atomic E-state index is 0.104. The van der Waals surface area contributed by atoms with E-state index in [-0.39, 0.29) is 24.5 Å². The van der Waals surface area contributed by atoms with Crippen molar-refractivity contribution in [3.8, 4) is 5.75 Å². The normalized spacial score (nSPS) is 29.3.